The first-order valence-electron chi connectivity index (χ1n) is 6.98. The van der Waals surface area contributed by atoms with Gasteiger partial charge in [-0.3, -0.25) is 0 Å². The molecule has 2 rings (SSSR count). The number of imidazole rings is 1. The molecule has 0 radical (unpaired) electrons. The fourth-order valence-corrected chi connectivity index (χ4v) is 2.30. The van der Waals surface area contributed by atoms with Gasteiger partial charge in [-0.2, -0.15) is 0 Å². The fourth-order valence-electron chi connectivity index (χ4n) is 2.30. The number of hydrogen-bond donors (Lipinski definition) is 1. The number of phenolic OH excluding ortho intramolecular Hbond substituents is 1. The molecule has 0 saturated heterocycles. The number of aromatic nitrogens is 2. The third-order valence-electron chi connectivity index (χ3n) is 3.34. The van der Waals surface area contributed by atoms with E-state index >= 15 is 0 Å². The molecule has 0 atom stereocenters. The van der Waals surface area contributed by atoms with E-state index in [9.17, 15) is 5.11 Å². The van der Waals surface area contributed by atoms with Crippen molar-refractivity contribution in [2.24, 2.45) is 0 Å². The van der Waals surface area contributed by atoms with E-state index < -0.39 is 0 Å². The Morgan fingerprint density at radius 3 is 1.95 bits per heavy atom. The quantitative estimate of drug-likeness (QED) is 0.840. The second-order valence-electron chi connectivity index (χ2n) is 7.28. The maximum atomic E-state index is 9.49. The molecule has 108 valence electrons. The number of benzene rings is 1. The van der Waals surface area contributed by atoms with Gasteiger partial charge in [0.05, 0.1) is 17.7 Å². The van der Waals surface area contributed by atoms with Crippen LogP contribution in [-0.2, 0) is 11.0 Å². The highest BCUT2D eigenvalue weighted by molar-refractivity contribution is 5.65. The maximum absolute atomic E-state index is 9.49. The summed E-state index contributed by atoms with van der Waals surface area (Å²) in [6, 6.07) is 7.34. The van der Waals surface area contributed by atoms with Crippen molar-refractivity contribution in [1.29, 1.82) is 0 Å². The first kappa shape index (κ1) is 14.6. The molecule has 1 heterocycles. The maximum Gasteiger partial charge on any atom is 0.115 e. The molecule has 0 spiro atoms. The number of aromatic hydroxyl groups is 1. The van der Waals surface area contributed by atoms with Crippen LogP contribution in [0, 0.1) is 0 Å². The molecule has 0 fully saturated rings. The van der Waals surface area contributed by atoms with E-state index in [1.807, 2.05) is 18.5 Å². The zero-order valence-corrected chi connectivity index (χ0v) is 13.2. The van der Waals surface area contributed by atoms with Crippen molar-refractivity contribution in [3.63, 3.8) is 0 Å². The summed E-state index contributed by atoms with van der Waals surface area (Å²) in [5.41, 5.74) is 3.23. The molecule has 3 heteroatoms. The molecule has 2 aromatic rings. The topological polar surface area (TPSA) is 38.0 Å². The molecule has 0 aliphatic carbocycles. The first-order valence-corrected chi connectivity index (χ1v) is 6.98. The third-order valence-corrected chi connectivity index (χ3v) is 3.34. The van der Waals surface area contributed by atoms with Gasteiger partial charge in [-0.25, -0.2) is 4.98 Å². The van der Waals surface area contributed by atoms with Crippen molar-refractivity contribution >= 4 is 0 Å². The van der Waals surface area contributed by atoms with Crippen LogP contribution in [0.4, 0.5) is 0 Å². The molecule has 1 aromatic heterocycles. The van der Waals surface area contributed by atoms with Gasteiger partial charge in [0.25, 0.3) is 0 Å². The zero-order chi connectivity index (χ0) is 15.1. The molecule has 3 nitrogen and oxygen atoms in total. The van der Waals surface area contributed by atoms with Gasteiger partial charge in [0.2, 0.25) is 0 Å². The van der Waals surface area contributed by atoms with Gasteiger partial charge in [0.15, 0.2) is 0 Å². The van der Waals surface area contributed by atoms with Gasteiger partial charge in [-0.1, -0.05) is 20.8 Å². The number of nitrogens with zero attached hydrogens (tertiary/aromatic N) is 2. The van der Waals surface area contributed by atoms with E-state index in [4.69, 9.17) is 0 Å². The van der Waals surface area contributed by atoms with Gasteiger partial charge in [-0.15, -0.1) is 0 Å². The summed E-state index contributed by atoms with van der Waals surface area (Å²) in [6.45, 7) is 13.0. The Labute approximate surface area is 121 Å². The molecule has 0 aliphatic rings. The van der Waals surface area contributed by atoms with E-state index in [0.717, 1.165) is 17.0 Å². The molecule has 0 saturated carbocycles. The molecule has 1 aromatic carbocycles. The van der Waals surface area contributed by atoms with E-state index in [2.05, 4.69) is 51.1 Å². The van der Waals surface area contributed by atoms with Crippen molar-refractivity contribution in [2.75, 3.05) is 0 Å². The van der Waals surface area contributed by atoms with Gasteiger partial charge in [-0.05, 0) is 45.0 Å². The minimum atomic E-state index is -0.0380. The second-order valence-corrected chi connectivity index (χ2v) is 7.28. The summed E-state index contributed by atoms with van der Waals surface area (Å²) in [5.74, 6) is 0.285. The van der Waals surface area contributed by atoms with Crippen LogP contribution < -0.4 is 0 Å². The molecule has 1 N–H and O–H groups in total. The Kier molecular flexibility index (Phi) is 3.41. The smallest absolute Gasteiger partial charge is 0.115 e. The predicted octanol–water partition coefficient (Wildman–Crippen LogP) is 4.31. The molecule has 20 heavy (non-hydrogen) atoms. The predicted molar refractivity (Wildman–Crippen MR) is 83.0 cm³/mol. The SMILES string of the molecule is CC(C)(C)c1ncn(C(C)(C)C)c1-c1ccc(O)cc1. The minimum absolute atomic E-state index is 0.0241. The lowest BCUT2D eigenvalue weighted by Crippen LogP contribution is -2.23. The van der Waals surface area contributed by atoms with Gasteiger partial charge < -0.3 is 9.67 Å². The highest BCUT2D eigenvalue weighted by atomic mass is 16.3. The van der Waals surface area contributed by atoms with Crippen LogP contribution in [0.2, 0.25) is 0 Å². The highest BCUT2D eigenvalue weighted by Crippen LogP contribution is 2.35. The monoisotopic (exact) mass is 272 g/mol. The minimum Gasteiger partial charge on any atom is -0.508 e. The summed E-state index contributed by atoms with van der Waals surface area (Å²) in [5, 5.41) is 9.49. The molecular weight excluding hydrogens is 248 g/mol. The average molecular weight is 272 g/mol. The van der Waals surface area contributed by atoms with E-state index in [-0.39, 0.29) is 16.7 Å². The van der Waals surface area contributed by atoms with Crippen LogP contribution in [0.25, 0.3) is 11.3 Å². The fraction of sp³-hybridized carbons (Fsp3) is 0.471. The summed E-state index contributed by atoms with van der Waals surface area (Å²) in [4.78, 5) is 4.65. The van der Waals surface area contributed by atoms with Crippen LogP contribution in [0.1, 0.15) is 47.2 Å². The second kappa shape index (κ2) is 4.65. The van der Waals surface area contributed by atoms with Crippen molar-refractivity contribution in [3.8, 4) is 17.0 Å². The Morgan fingerprint density at radius 2 is 1.50 bits per heavy atom. The Balaban J connectivity index is 2.70. The molecule has 0 bridgehead atoms. The lowest BCUT2D eigenvalue weighted by Gasteiger charge is -2.26. The van der Waals surface area contributed by atoms with Gasteiger partial charge in [0, 0.05) is 16.5 Å². The summed E-state index contributed by atoms with van der Waals surface area (Å²) in [6.07, 6.45) is 1.92. The Hall–Kier alpha value is -1.77. The van der Waals surface area contributed by atoms with E-state index in [1.54, 1.807) is 12.1 Å². The number of rotatable bonds is 1. The Bertz CT molecular complexity index is 564. The summed E-state index contributed by atoms with van der Waals surface area (Å²) >= 11 is 0. The van der Waals surface area contributed by atoms with Crippen molar-refractivity contribution < 1.29 is 5.11 Å². The van der Waals surface area contributed by atoms with E-state index in [1.165, 1.54) is 0 Å². The van der Waals surface area contributed by atoms with Crippen LogP contribution in [0.3, 0.4) is 0 Å². The van der Waals surface area contributed by atoms with Crippen molar-refractivity contribution in [3.05, 3.63) is 36.3 Å². The molecule has 0 amide bonds. The molecule has 0 aliphatic heterocycles. The first-order chi connectivity index (χ1) is 9.10. The largest absolute Gasteiger partial charge is 0.508 e. The third kappa shape index (κ3) is 2.72. The van der Waals surface area contributed by atoms with Crippen LogP contribution in [0.15, 0.2) is 30.6 Å². The summed E-state index contributed by atoms with van der Waals surface area (Å²) in [7, 11) is 0. The number of hydrogen-bond acceptors (Lipinski definition) is 2. The van der Waals surface area contributed by atoms with Crippen molar-refractivity contribution in [1.82, 2.24) is 9.55 Å². The van der Waals surface area contributed by atoms with Crippen LogP contribution in [-0.4, -0.2) is 14.7 Å². The van der Waals surface area contributed by atoms with Gasteiger partial charge >= 0.3 is 0 Å². The Morgan fingerprint density at radius 1 is 0.950 bits per heavy atom. The van der Waals surface area contributed by atoms with Crippen molar-refractivity contribution in [2.45, 2.75) is 52.5 Å². The van der Waals surface area contributed by atoms with Crippen LogP contribution in [0.5, 0.6) is 5.75 Å². The highest BCUT2D eigenvalue weighted by Gasteiger charge is 2.27. The lowest BCUT2D eigenvalue weighted by molar-refractivity contribution is 0.399. The summed E-state index contributed by atoms with van der Waals surface area (Å²) < 4.78 is 2.21. The standard InChI is InChI=1S/C17H24N2O/c1-16(2,3)15-14(12-7-9-13(20)10-8-12)19(11-18-15)17(4,5)6/h7-11,20H,1-6H3. The zero-order valence-electron chi connectivity index (χ0n) is 13.2. The average Bonchev–Trinajstić information content (AvgIpc) is 2.73. The molecule has 0 unspecified atom stereocenters. The van der Waals surface area contributed by atoms with Crippen LogP contribution >= 0.6 is 0 Å². The van der Waals surface area contributed by atoms with E-state index in [0.29, 0.717) is 0 Å². The number of phenols is 1. The van der Waals surface area contributed by atoms with Gasteiger partial charge in [0.1, 0.15) is 5.75 Å². The molecular formula is C17H24N2O. The normalized spacial score (nSPS) is 12.7. The lowest BCUT2D eigenvalue weighted by atomic mass is 9.88.